The molecule has 0 bridgehead atoms. The maximum atomic E-state index is 12.6. The summed E-state index contributed by atoms with van der Waals surface area (Å²) in [5.41, 5.74) is 2.71. The van der Waals surface area contributed by atoms with Crippen molar-refractivity contribution in [2.45, 2.75) is 19.3 Å². The molecule has 2 nitrogen and oxygen atoms in total. The third-order valence-corrected chi connectivity index (χ3v) is 5.48. The van der Waals surface area contributed by atoms with E-state index in [0.717, 1.165) is 19.3 Å². The first-order valence-electron chi connectivity index (χ1n) is 8.81. The molecule has 0 saturated carbocycles. The number of furan rings is 1. The molecule has 5 rings (SSSR count). The average Bonchev–Trinajstić information content (AvgIpc) is 3.21. The van der Waals surface area contributed by atoms with Crippen molar-refractivity contribution in [2.75, 3.05) is 0 Å². The van der Waals surface area contributed by atoms with E-state index in [1.54, 1.807) is 18.4 Å². The van der Waals surface area contributed by atoms with E-state index >= 15 is 0 Å². The van der Waals surface area contributed by atoms with E-state index in [0.29, 0.717) is 5.76 Å². The van der Waals surface area contributed by atoms with Gasteiger partial charge >= 0.3 is 0 Å². The summed E-state index contributed by atoms with van der Waals surface area (Å²) in [5.74, 6) is 0.644. The molecule has 1 heterocycles. The maximum absolute atomic E-state index is 12.6. The van der Waals surface area contributed by atoms with E-state index in [1.165, 1.54) is 32.7 Å². The number of fused-ring (bicyclic) bond motifs is 5. The van der Waals surface area contributed by atoms with Crippen molar-refractivity contribution >= 4 is 27.3 Å². The predicted octanol–water partition coefficient (Wildman–Crippen LogP) is 5.57. The van der Waals surface area contributed by atoms with E-state index in [4.69, 9.17) is 4.42 Å². The quantitative estimate of drug-likeness (QED) is 0.356. The summed E-state index contributed by atoms with van der Waals surface area (Å²) in [5, 5.41) is 5.22. The second-order valence-corrected chi connectivity index (χ2v) is 6.87. The van der Waals surface area contributed by atoms with Crippen molar-refractivity contribution in [3.8, 4) is 0 Å². The molecule has 4 aromatic rings. The van der Waals surface area contributed by atoms with Gasteiger partial charge in [0.05, 0.1) is 6.26 Å². The Labute approximate surface area is 146 Å². The highest BCUT2D eigenvalue weighted by Gasteiger charge is 2.28. The zero-order valence-corrected chi connectivity index (χ0v) is 13.9. The number of rotatable bonds is 2. The molecule has 0 saturated heterocycles. The van der Waals surface area contributed by atoms with Gasteiger partial charge < -0.3 is 4.42 Å². The molecule has 0 spiro atoms. The molecule has 0 N–H and O–H groups in total. The Bertz CT molecular complexity index is 1090. The highest BCUT2D eigenvalue weighted by atomic mass is 16.3. The van der Waals surface area contributed by atoms with E-state index in [-0.39, 0.29) is 11.7 Å². The topological polar surface area (TPSA) is 30.2 Å². The SMILES string of the molecule is O=C(c1ccco1)C1CCc2c(ccc3c2ccc2ccccc23)C1. The largest absolute Gasteiger partial charge is 0.461 e. The number of carbonyl (C=O) groups excluding carboxylic acids is 1. The monoisotopic (exact) mass is 326 g/mol. The molecule has 25 heavy (non-hydrogen) atoms. The highest BCUT2D eigenvalue weighted by Crippen LogP contribution is 2.35. The van der Waals surface area contributed by atoms with Crippen molar-refractivity contribution in [3.63, 3.8) is 0 Å². The number of benzene rings is 3. The van der Waals surface area contributed by atoms with Crippen LogP contribution in [0.15, 0.2) is 71.3 Å². The zero-order chi connectivity index (χ0) is 16.8. The van der Waals surface area contributed by atoms with Gasteiger partial charge in [-0.05, 0) is 64.1 Å². The van der Waals surface area contributed by atoms with Crippen LogP contribution in [0.5, 0.6) is 0 Å². The second kappa shape index (κ2) is 5.59. The van der Waals surface area contributed by atoms with Gasteiger partial charge in [0.15, 0.2) is 5.76 Å². The first kappa shape index (κ1) is 14.5. The molecule has 0 radical (unpaired) electrons. The number of Topliss-reactive ketones (excluding diaryl/α,β-unsaturated/α-hetero) is 1. The van der Waals surface area contributed by atoms with Crippen molar-refractivity contribution < 1.29 is 9.21 Å². The Kier molecular flexibility index (Phi) is 3.24. The molecular weight excluding hydrogens is 308 g/mol. The Hall–Kier alpha value is -2.87. The molecule has 1 unspecified atom stereocenters. The zero-order valence-electron chi connectivity index (χ0n) is 13.9. The predicted molar refractivity (Wildman–Crippen MR) is 100 cm³/mol. The van der Waals surface area contributed by atoms with E-state index in [1.807, 2.05) is 0 Å². The lowest BCUT2D eigenvalue weighted by Crippen LogP contribution is -2.22. The molecule has 0 amide bonds. The lowest BCUT2D eigenvalue weighted by Gasteiger charge is -2.24. The van der Waals surface area contributed by atoms with Gasteiger partial charge in [0.2, 0.25) is 5.78 Å². The molecule has 1 aliphatic rings. The summed E-state index contributed by atoms with van der Waals surface area (Å²) in [6.07, 6.45) is 4.21. The summed E-state index contributed by atoms with van der Waals surface area (Å²) in [6, 6.07) is 21.0. The third-order valence-electron chi connectivity index (χ3n) is 5.48. The van der Waals surface area contributed by atoms with Crippen LogP contribution in [0.25, 0.3) is 21.5 Å². The van der Waals surface area contributed by atoms with Crippen LogP contribution in [0.3, 0.4) is 0 Å². The van der Waals surface area contributed by atoms with Gasteiger partial charge in [-0.25, -0.2) is 0 Å². The van der Waals surface area contributed by atoms with Gasteiger partial charge in [0, 0.05) is 5.92 Å². The van der Waals surface area contributed by atoms with Crippen LogP contribution in [0, 0.1) is 5.92 Å². The van der Waals surface area contributed by atoms with Crippen LogP contribution in [0.2, 0.25) is 0 Å². The number of carbonyl (C=O) groups is 1. The fraction of sp³-hybridized carbons (Fsp3) is 0.174. The number of hydrogen-bond donors (Lipinski definition) is 0. The standard InChI is InChI=1S/C23H18O2/c24-23(22-6-3-13-25-22)17-9-10-19-16(14-17)8-12-20-18-5-2-1-4-15(18)7-11-21(19)20/h1-8,11-13,17H,9-10,14H2. The first-order valence-corrected chi connectivity index (χ1v) is 8.81. The van der Waals surface area contributed by atoms with Crippen LogP contribution in [-0.2, 0) is 12.8 Å². The van der Waals surface area contributed by atoms with E-state index < -0.39 is 0 Å². The summed E-state index contributed by atoms with van der Waals surface area (Å²) in [6.45, 7) is 0. The molecule has 1 atom stereocenters. The third kappa shape index (κ3) is 2.29. The van der Waals surface area contributed by atoms with Crippen molar-refractivity contribution in [1.82, 2.24) is 0 Å². The molecule has 122 valence electrons. The highest BCUT2D eigenvalue weighted by molar-refractivity contribution is 6.09. The molecule has 0 fully saturated rings. The Morgan fingerprint density at radius 2 is 1.76 bits per heavy atom. The van der Waals surface area contributed by atoms with E-state index in [2.05, 4.69) is 48.5 Å². The normalized spacial score (nSPS) is 16.9. The van der Waals surface area contributed by atoms with Crippen molar-refractivity contribution in [1.29, 1.82) is 0 Å². The molecular formula is C23H18O2. The Morgan fingerprint density at radius 1 is 0.880 bits per heavy atom. The molecule has 0 aliphatic heterocycles. The summed E-state index contributed by atoms with van der Waals surface area (Å²) in [4.78, 5) is 12.6. The summed E-state index contributed by atoms with van der Waals surface area (Å²) < 4.78 is 5.31. The van der Waals surface area contributed by atoms with Gasteiger partial charge in [-0.3, -0.25) is 4.79 Å². The van der Waals surface area contributed by atoms with Crippen LogP contribution in [-0.4, -0.2) is 5.78 Å². The Morgan fingerprint density at radius 3 is 2.64 bits per heavy atom. The van der Waals surface area contributed by atoms with Gasteiger partial charge in [0.25, 0.3) is 0 Å². The number of hydrogen-bond acceptors (Lipinski definition) is 2. The molecule has 1 aliphatic carbocycles. The number of aryl methyl sites for hydroxylation is 1. The minimum absolute atomic E-state index is 0.0246. The lowest BCUT2D eigenvalue weighted by atomic mass is 9.79. The van der Waals surface area contributed by atoms with Crippen LogP contribution < -0.4 is 0 Å². The molecule has 2 heteroatoms. The van der Waals surface area contributed by atoms with Gasteiger partial charge in [-0.1, -0.05) is 48.5 Å². The average molecular weight is 326 g/mol. The Balaban J connectivity index is 1.58. The van der Waals surface area contributed by atoms with Gasteiger partial charge in [-0.15, -0.1) is 0 Å². The smallest absolute Gasteiger partial charge is 0.201 e. The first-order chi connectivity index (χ1) is 12.3. The van der Waals surface area contributed by atoms with Crippen LogP contribution >= 0.6 is 0 Å². The lowest BCUT2D eigenvalue weighted by molar-refractivity contribution is 0.0880. The van der Waals surface area contributed by atoms with Crippen LogP contribution in [0.4, 0.5) is 0 Å². The van der Waals surface area contributed by atoms with Gasteiger partial charge in [0.1, 0.15) is 0 Å². The van der Waals surface area contributed by atoms with Gasteiger partial charge in [-0.2, -0.15) is 0 Å². The maximum Gasteiger partial charge on any atom is 0.201 e. The number of ketones is 1. The minimum Gasteiger partial charge on any atom is -0.461 e. The van der Waals surface area contributed by atoms with Crippen LogP contribution in [0.1, 0.15) is 28.1 Å². The summed E-state index contributed by atoms with van der Waals surface area (Å²) >= 11 is 0. The fourth-order valence-electron chi connectivity index (χ4n) is 4.21. The van der Waals surface area contributed by atoms with Crippen molar-refractivity contribution in [3.05, 3.63) is 83.8 Å². The minimum atomic E-state index is 0.0246. The van der Waals surface area contributed by atoms with E-state index in [9.17, 15) is 4.79 Å². The fourth-order valence-corrected chi connectivity index (χ4v) is 4.21. The molecule has 1 aromatic heterocycles. The molecule has 3 aromatic carbocycles. The van der Waals surface area contributed by atoms with Crippen molar-refractivity contribution in [2.24, 2.45) is 5.92 Å². The second-order valence-electron chi connectivity index (χ2n) is 6.87. The summed E-state index contributed by atoms with van der Waals surface area (Å²) in [7, 11) is 0.